The molecule has 0 fully saturated rings. The fourth-order valence-electron chi connectivity index (χ4n) is 3.46. The van der Waals surface area contributed by atoms with Crippen LogP contribution in [0.1, 0.15) is 24.2 Å². The highest BCUT2D eigenvalue weighted by molar-refractivity contribution is 9.10. The van der Waals surface area contributed by atoms with Crippen molar-refractivity contribution in [3.05, 3.63) is 64.6 Å². The Morgan fingerprint density at radius 1 is 1.03 bits per heavy atom. The topological polar surface area (TPSA) is 52.6 Å². The second kappa shape index (κ2) is 8.58. The van der Waals surface area contributed by atoms with Gasteiger partial charge in [-0.15, -0.1) is 11.3 Å². The summed E-state index contributed by atoms with van der Waals surface area (Å²) in [7, 11) is 0. The minimum atomic E-state index is -0.402. The van der Waals surface area contributed by atoms with Crippen LogP contribution in [-0.4, -0.2) is 25.0 Å². The van der Waals surface area contributed by atoms with Crippen LogP contribution in [-0.2, 0) is 9.53 Å². The molecule has 0 amide bonds. The lowest BCUT2D eigenvalue weighted by Gasteiger charge is -2.11. The van der Waals surface area contributed by atoms with Crippen LogP contribution < -0.4 is 4.74 Å². The average Bonchev–Trinajstić information content (AvgIpc) is 3.13. The number of hydrogen-bond acceptors (Lipinski definition) is 5. The molecule has 0 aliphatic rings. The van der Waals surface area contributed by atoms with Crippen LogP contribution in [0, 0.1) is 0 Å². The van der Waals surface area contributed by atoms with Gasteiger partial charge in [0.2, 0.25) is 0 Å². The predicted molar refractivity (Wildman–Crippen MR) is 125 cm³/mol. The lowest BCUT2D eigenvalue weighted by molar-refractivity contribution is -0.145. The van der Waals surface area contributed by atoms with Gasteiger partial charge in [-0.3, -0.25) is 4.79 Å². The van der Waals surface area contributed by atoms with Crippen molar-refractivity contribution in [3.8, 4) is 16.2 Å². The number of ketones is 1. The maximum atomic E-state index is 12.4. The highest BCUT2D eigenvalue weighted by Gasteiger charge is 2.18. The molecule has 6 heteroatoms. The summed E-state index contributed by atoms with van der Waals surface area (Å²) >= 11 is 5.22. The minimum absolute atomic E-state index is 0.0615. The highest BCUT2D eigenvalue weighted by atomic mass is 79.9. The largest absolute Gasteiger partial charge is 0.481 e. The van der Waals surface area contributed by atoms with Gasteiger partial charge in [0.25, 0.3) is 0 Å². The van der Waals surface area contributed by atoms with Gasteiger partial charge >= 0.3 is 5.97 Å². The van der Waals surface area contributed by atoms with Crippen LogP contribution in [0.5, 0.6) is 5.75 Å². The van der Waals surface area contributed by atoms with Crippen molar-refractivity contribution in [1.29, 1.82) is 0 Å². The third kappa shape index (κ3) is 3.85. The van der Waals surface area contributed by atoms with Crippen molar-refractivity contribution in [2.24, 2.45) is 0 Å². The van der Waals surface area contributed by atoms with Crippen molar-refractivity contribution >= 4 is 59.9 Å². The number of benzene rings is 3. The van der Waals surface area contributed by atoms with Gasteiger partial charge in [-0.2, -0.15) is 0 Å². The van der Waals surface area contributed by atoms with Crippen LogP contribution in [0.3, 0.4) is 0 Å². The van der Waals surface area contributed by atoms with Gasteiger partial charge < -0.3 is 9.47 Å². The van der Waals surface area contributed by atoms with E-state index in [1.165, 1.54) is 0 Å². The Morgan fingerprint density at radius 2 is 1.83 bits per heavy atom. The first-order valence-electron chi connectivity index (χ1n) is 9.53. The predicted octanol–water partition coefficient (Wildman–Crippen LogP) is 6.63. The summed E-state index contributed by atoms with van der Waals surface area (Å²) in [6.07, 6.45) is 0. The first-order valence-corrected chi connectivity index (χ1v) is 11.1. The van der Waals surface area contributed by atoms with Crippen LogP contribution in [0.2, 0.25) is 0 Å². The van der Waals surface area contributed by atoms with E-state index in [9.17, 15) is 9.59 Å². The molecule has 4 nitrogen and oxygen atoms in total. The Hall–Kier alpha value is -2.70. The number of ether oxygens (including phenoxy) is 2. The first-order chi connectivity index (χ1) is 14.5. The third-order valence-corrected chi connectivity index (χ3v) is 6.82. The molecule has 0 aliphatic carbocycles. The summed E-state index contributed by atoms with van der Waals surface area (Å²) < 4.78 is 12.4. The number of thiophene rings is 1. The molecule has 0 saturated carbocycles. The number of hydrogen-bond donors (Lipinski definition) is 0. The molecular weight excluding hydrogens is 464 g/mol. The smallest absolute Gasteiger partial charge is 0.344 e. The fraction of sp³-hybridized carbons (Fsp3) is 0.167. The molecule has 1 heterocycles. The fourth-order valence-corrected chi connectivity index (χ4v) is 5.32. The molecule has 0 radical (unpaired) electrons. The van der Waals surface area contributed by atoms with Crippen LogP contribution in [0.15, 0.2) is 59.1 Å². The van der Waals surface area contributed by atoms with Gasteiger partial charge in [0.1, 0.15) is 5.75 Å². The Labute approximate surface area is 186 Å². The average molecular weight is 483 g/mol. The summed E-state index contributed by atoms with van der Waals surface area (Å²) in [5.74, 6) is 0.238. The van der Waals surface area contributed by atoms with Gasteiger partial charge in [0.15, 0.2) is 12.4 Å². The minimum Gasteiger partial charge on any atom is -0.481 e. The molecule has 0 bridgehead atoms. The van der Waals surface area contributed by atoms with E-state index in [1.807, 2.05) is 48.5 Å². The number of Topliss-reactive ketones (excluding diaryl/α,β-unsaturated/α-hetero) is 1. The molecule has 30 heavy (non-hydrogen) atoms. The summed E-state index contributed by atoms with van der Waals surface area (Å²) in [6.45, 7) is 3.56. The molecule has 3 aromatic carbocycles. The summed E-state index contributed by atoms with van der Waals surface area (Å²) in [5.41, 5.74) is 1.77. The Kier molecular flexibility index (Phi) is 5.88. The van der Waals surface area contributed by atoms with Crippen LogP contribution >= 0.6 is 27.3 Å². The zero-order valence-corrected chi connectivity index (χ0v) is 18.9. The molecule has 4 aromatic rings. The van der Waals surface area contributed by atoms with Crippen molar-refractivity contribution in [1.82, 2.24) is 0 Å². The SMILES string of the molecule is CCOC(=O)COc1ccc2cc(-c3sc4ccccc4c3C(C)=O)ccc2c1Br. The van der Waals surface area contributed by atoms with E-state index in [-0.39, 0.29) is 12.4 Å². The zero-order valence-electron chi connectivity index (χ0n) is 16.5. The maximum Gasteiger partial charge on any atom is 0.344 e. The van der Waals surface area contributed by atoms with Crippen molar-refractivity contribution in [2.45, 2.75) is 13.8 Å². The van der Waals surface area contributed by atoms with Gasteiger partial charge in [-0.25, -0.2) is 4.79 Å². The second-order valence-electron chi connectivity index (χ2n) is 6.77. The standard InChI is InChI=1S/C24H19BrO4S/c1-3-28-21(27)13-29-19-11-9-15-12-16(8-10-17(15)23(19)25)24-22(14(2)26)18-6-4-5-7-20(18)30-24/h4-12H,3,13H2,1-2H3. The van der Waals surface area contributed by atoms with E-state index in [0.717, 1.165) is 41.3 Å². The first kappa shape index (κ1) is 20.6. The quantitative estimate of drug-likeness (QED) is 0.228. The van der Waals surface area contributed by atoms with E-state index in [0.29, 0.717) is 12.4 Å². The molecule has 152 valence electrons. The van der Waals surface area contributed by atoms with E-state index in [1.54, 1.807) is 25.2 Å². The molecule has 0 N–H and O–H groups in total. The van der Waals surface area contributed by atoms with E-state index in [2.05, 4.69) is 22.0 Å². The molecular formula is C24H19BrO4S. The normalized spacial score (nSPS) is 11.0. The van der Waals surface area contributed by atoms with E-state index in [4.69, 9.17) is 9.47 Å². The van der Waals surface area contributed by atoms with E-state index >= 15 is 0 Å². The number of rotatable bonds is 6. The molecule has 1 aromatic heterocycles. The molecule has 0 saturated heterocycles. The summed E-state index contributed by atoms with van der Waals surface area (Å²) in [5, 5.41) is 2.97. The lowest BCUT2D eigenvalue weighted by Crippen LogP contribution is -2.14. The van der Waals surface area contributed by atoms with Gasteiger partial charge in [0, 0.05) is 20.5 Å². The molecule has 0 aliphatic heterocycles. The maximum absolute atomic E-state index is 12.4. The second-order valence-corrected chi connectivity index (χ2v) is 8.61. The van der Waals surface area contributed by atoms with E-state index < -0.39 is 5.97 Å². The summed E-state index contributed by atoms with van der Waals surface area (Å²) in [4.78, 5) is 24.9. The number of fused-ring (bicyclic) bond motifs is 2. The number of carbonyl (C=O) groups is 2. The van der Waals surface area contributed by atoms with Gasteiger partial charge in [0.05, 0.1) is 11.1 Å². The Morgan fingerprint density at radius 3 is 2.60 bits per heavy atom. The van der Waals surface area contributed by atoms with Gasteiger partial charge in [-0.1, -0.05) is 36.4 Å². The number of halogens is 1. The van der Waals surface area contributed by atoms with Crippen molar-refractivity contribution in [2.75, 3.05) is 13.2 Å². The lowest BCUT2D eigenvalue weighted by atomic mass is 10.0. The number of esters is 1. The van der Waals surface area contributed by atoms with Gasteiger partial charge in [-0.05, 0) is 64.3 Å². The van der Waals surface area contributed by atoms with Crippen molar-refractivity contribution < 1.29 is 19.1 Å². The van der Waals surface area contributed by atoms with Crippen LogP contribution in [0.25, 0.3) is 31.3 Å². The molecule has 0 atom stereocenters. The Bertz CT molecular complexity index is 1280. The third-order valence-electron chi connectivity index (χ3n) is 4.78. The molecule has 0 spiro atoms. The van der Waals surface area contributed by atoms with Crippen molar-refractivity contribution in [3.63, 3.8) is 0 Å². The number of carbonyl (C=O) groups excluding carboxylic acids is 2. The zero-order chi connectivity index (χ0) is 21.3. The molecule has 0 unspecified atom stereocenters. The summed E-state index contributed by atoms with van der Waals surface area (Å²) in [6, 6.07) is 17.9. The monoisotopic (exact) mass is 482 g/mol. The highest BCUT2D eigenvalue weighted by Crippen LogP contribution is 2.41. The molecule has 4 rings (SSSR count). The Balaban J connectivity index is 1.74. The van der Waals surface area contributed by atoms with Crippen LogP contribution in [0.4, 0.5) is 0 Å².